The average molecular weight is 190 g/mol. The summed E-state index contributed by atoms with van der Waals surface area (Å²) in [5.41, 5.74) is 0. The minimum atomic E-state index is 0.159. The number of likely N-dealkylation sites (N-methyl/N-ethyl adjacent to an activating group) is 1. The van der Waals surface area contributed by atoms with Gasteiger partial charge in [0.15, 0.2) is 0 Å². The van der Waals surface area contributed by atoms with Crippen molar-refractivity contribution >= 4 is 0 Å². The van der Waals surface area contributed by atoms with Crippen molar-refractivity contribution in [1.29, 1.82) is 0 Å². The summed E-state index contributed by atoms with van der Waals surface area (Å²) in [5, 5.41) is 6.53. The van der Waals surface area contributed by atoms with E-state index in [1.54, 1.807) is 14.2 Å². The zero-order valence-electron chi connectivity index (χ0n) is 8.93. The van der Waals surface area contributed by atoms with Crippen molar-refractivity contribution in [2.45, 2.75) is 13.0 Å². The molecule has 0 heterocycles. The van der Waals surface area contributed by atoms with Gasteiger partial charge < -0.3 is 20.1 Å². The highest BCUT2D eigenvalue weighted by Gasteiger charge is 2.04. The topological polar surface area (TPSA) is 42.5 Å². The summed E-state index contributed by atoms with van der Waals surface area (Å²) in [5.74, 6) is 0. The standard InChI is InChI=1S/C9H22N2O2/c1-4-10-5-6-11-7-9(13-3)8-12-2/h9-11H,4-8H2,1-3H3. The lowest BCUT2D eigenvalue weighted by atomic mass is 10.3. The summed E-state index contributed by atoms with van der Waals surface area (Å²) in [4.78, 5) is 0. The summed E-state index contributed by atoms with van der Waals surface area (Å²) < 4.78 is 10.2. The number of methoxy groups -OCH3 is 2. The lowest BCUT2D eigenvalue weighted by Crippen LogP contribution is -2.35. The first-order chi connectivity index (χ1) is 6.35. The number of nitrogens with one attached hydrogen (secondary N) is 2. The van der Waals surface area contributed by atoms with E-state index in [9.17, 15) is 0 Å². The van der Waals surface area contributed by atoms with E-state index < -0.39 is 0 Å². The Hall–Kier alpha value is -0.160. The van der Waals surface area contributed by atoms with Gasteiger partial charge in [-0.3, -0.25) is 0 Å². The van der Waals surface area contributed by atoms with E-state index in [1.807, 2.05) is 0 Å². The number of ether oxygens (including phenoxy) is 2. The van der Waals surface area contributed by atoms with E-state index in [4.69, 9.17) is 9.47 Å². The maximum atomic E-state index is 5.19. The molecule has 0 aliphatic heterocycles. The van der Waals surface area contributed by atoms with E-state index in [2.05, 4.69) is 17.6 Å². The van der Waals surface area contributed by atoms with Gasteiger partial charge in [0.05, 0.1) is 12.7 Å². The van der Waals surface area contributed by atoms with Crippen LogP contribution in [-0.2, 0) is 9.47 Å². The summed E-state index contributed by atoms with van der Waals surface area (Å²) in [6.07, 6.45) is 0.159. The molecule has 0 aromatic carbocycles. The molecule has 1 atom stereocenters. The number of hydrogen-bond donors (Lipinski definition) is 2. The van der Waals surface area contributed by atoms with Crippen molar-refractivity contribution in [3.63, 3.8) is 0 Å². The minimum absolute atomic E-state index is 0.159. The molecule has 2 N–H and O–H groups in total. The summed E-state index contributed by atoms with van der Waals surface area (Å²) in [6.45, 7) is 6.58. The molecule has 0 amide bonds. The molecule has 0 spiro atoms. The molecule has 0 saturated heterocycles. The number of rotatable bonds is 9. The zero-order chi connectivity index (χ0) is 9.94. The molecule has 0 aromatic rings. The predicted octanol–water partition coefficient (Wildman–Crippen LogP) is -0.153. The van der Waals surface area contributed by atoms with Crippen molar-refractivity contribution < 1.29 is 9.47 Å². The summed E-state index contributed by atoms with van der Waals surface area (Å²) in [7, 11) is 3.39. The van der Waals surface area contributed by atoms with Crippen molar-refractivity contribution in [3.05, 3.63) is 0 Å². The molecule has 0 aromatic heterocycles. The van der Waals surface area contributed by atoms with E-state index in [-0.39, 0.29) is 6.10 Å². The number of hydrogen-bond acceptors (Lipinski definition) is 4. The van der Waals surface area contributed by atoms with Gasteiger partial charge in [-0.25, -0.2) is 0 Å². The molecule has 80 valence electrons. The Morgan fingerprint density at radius 3 is 2.38 bits per heavy atom. The SMILES string of the molecule is CCNCCNCC(COC)OC. The van der Waals surface area contributed by atoms with Crippen LogP contribution in [0.4, 0.5) is 0 Å². The fourth-order valence-electron chi connectivity index (χ4n) is 1.01. The highest BCUT2D eigenvalue weighted by atomic mass is 16.5. The molecule has 0 saturated carbocycles. The van der Waals surface area contributed by atoms with Gasteiger partial charge in [0.25, 0.3) is 0 Å². The van der Waals surface area contributed by atoms with Crippen molar-refractivity contribution in [2.24, 2.45) is 0 Å². The Morgan fingerprint density at radius 1 is 1.15 bits per heavy atom. The van der Waals surface area contributed by atoms with Crippen LogP contribution < -0.4 is 10.6 Å². The molecule has 0 aliphatic rings. The van der Waals surface area contributed by atoms with Gasteiger partial charge in [-0.15, -0.1) is 0 Å². The molecule has 0 bridgehead atoms. The second-order valence-corrected chi connectivity index (χ2v) is 2.87. The van der Waals surface area contributed by atoms with Gasteiger partial charge in [-0.05, 0) is 6.54 Å². The van der Waals surface area contributed by atoms with Crippen LogP contribution in [-0.4, -0.2) is 53.1 Å². The van der Waals surface area contributed by atoms with Crippen LogP contribution in [0.25, 0.3) is 0 Å². The molecule has 0 rings (SSSR count). The first-order valence-electron chi connectivity index (χ1n) is 4.78. The van der Waals surface area contributed by atoms with Crippen LogP contribution in [0.15, 0.2) is 0 Å². The maximum absolute atomic E-state index is 5.19. The Bertz CT molecular complexity index is 102. The average Bonchev–Trinajstić information content (AvgIpc) is 2.16. The van der Waals surface area contributed by atoms with Crippen molar-refractivity contribution in [1.82, 2.24) is 10.6 Å². The highest BCUT2D eigenvalue weighted by Crippen LogP contribution is 1.87. The van der Waals surface area contributed by atoms with Crippen LogP contribution in [0.2, 0.25) is 0 Å². The van der Waals surface area contributed by atoms with Crippen molar-refractivity contribution in [3.8, 4) is 0 Å². The van der Waals surface area contributed by atoms with E-state index >= 15 is 0 Å². The highest BCUT2D eigenvalue weighted by molar-refractivity contribution is 4.60. The predicted molar refractivity (Wildman–Crippen MR) is 54.1 cm³/mol. The first-order valence-corrected chi connectivity index (χ1v) is 4.78. The molecule has 1 unspecified atom stereocenters. The normalized spacial score (nSPS) is 13.2. The third-order valence-corrected chi connectivity index (χ3v) is 1.79. The maximum Gasteiger partial charge on any atom is 0.0928 e. The van der Waals surface area contributed by atoms with Gasteiger partial charge in [-0.2, -0.15) is 0 Å². The Labute approximate surface area is 81.0 Å². The Balaban J connectivity index is 3.17. The molecule has 0 fully saturated rings. The Kier molecular flexibility index (Phi) is 9.80. The van der Waals surface area contributed by atoms with E-state index in [0.717, 1.165) is 26.2 Å². The first kappa shape index (κ1) is 12.8. The molecular weight excluding hydrogens is 168 g/mol. The van der Waals surface area contributed by atoms with E-state index in [1.165, 1.54) is 0 Å². The molecule has 13 heavy (non-hydrogen) atoms. The van der Waals surface area contributed by atoms with E-state index in [0.29, 0.717) is 6.61 Å². The largest absolute Gasteiger partial charge is 0.382 e. The Morgan fingerprint density at radius 2 is 1.85 bits per heavy atom. The van der Waals surface area contributed by atoms with Crippen LogP contribution in [0.3, 0.4) is 0 Å². The van der Waals surface area contributed by atoms with Gasteiger partial charge in [0.1, 0.15) is 0 Å². The van der Waals surface area contributed by atoms with Gasteiger partial charge >= 0.3 is 0 Å². The monoisotopic (exact) mass is 190 g/mol. The van der Waals surface area contributed by atoms with Crippen LogP contribution in [0.5, 0.6) is 0 Å². The summed E-state index contributed by atoms with van der Waals surface area (Å²) >= 11 is 0. The molecular formula is C9H22N2O2. The molecule has 4 heteroatoms. The minimum Gasteiger partial charge on any atom is -0.382 e. The quantitative estimate of drug-likeness (QED) is 0.496. The molecule has 0 radical (unpaired) electrons. The fourth-order valence-corrected chi connectivity index (χ4v) is 1.01. The van der Waals surface area contributed by atoms with Crippen molar-refractivity contribution in [2.75, 3.05) is 47.0 Å². The third kappa shape index (κ3) is 8.18. The lowest BCUT2D eigenvalue weighted by Gasteiger charge is -2.14. The van der Waals surface area contributed by atoms with Gasteiger partial charge in [0, 0.05) is 33.9 Å². The van der Waals surface area contributed by atoms with Crippen LogP contribution in [0, 0.1) is 0 Å². The van der Waals surface area contributed by atoms with Crippen LogP contribution >= 0.6 is 0 Å². The zero-order valence-corrected chi connectivity index (χ0v) is 8.93. The second kappa shape index (κ2) is 9.92. The van der Waals surface area contributed by atoms with Crippen LogP contribution in [0.1, 0.15) is 6.92 Å². The molecule has 0 aliphatic carbocycles. The summed E-state index contributed by atoms with van der Waals surface area (Å²) in [6, 6.07) is 0. The third-order valence-electron chi connectivity index (χ3n) is 1.79. The fraction of sp³-hybridized carbons (Fsp3) is 1.00. The van der Waals surface area contributed by atoms with Gasteiger partial charge in [-0.1, -0.05) is 6.92 Å². The lowest BCUT2D eigenvalue weighted by molar-refractivity contribution is 0.0291. The second-order valence-electron chi connectivity index (χ2n) is 2.87. The molecule has 4 nitrogen and oxygen atoms in total. The van der Waals surface area contributed by atoms with Gasteiger partial charge in [0.2, 0.25) is 0 Å². The smallest absolute Gasteiger partial charge is 0.0928 e.